The highest BCUT2D eigenvalue weighted by atomic mass is 32.2. The van der Waals surface area contributed by atoms with Crippen molar-refractivity contribution in [2.45, 2.75) is 25.6 Å². The molecule has 0 radical (unpaired) electrons. The summed E-state index contributed by atoms with van der Waals surface area (Å²) in [7, 11) is 0. The van der Waals surface area contributed by atoms with Crippen molar-refractivity contribution in [2.24, 2.45) is 0 Å². The summed E-state index contributed by atoms with van der Waals surface area (Å²) in [6.45, 7) is 1.43. The Morgan fingerprint density at radius 3 is 2.35 bits per heavy atom. The molecule has 2 atom stereocenters. The fourth-order valence-electron chi connectivity index (χ4n) is 2.95. The average molecular weight is 375 g/mol. The summed E-state index contributed by atoms with van der Waals surface area (Å²) in [6, 6.07) is 7.22. The molecule has 0 unspecified atom stereocenters. The normalized spacial score (nSPS) is 18.5. The Labute approximate surface area is 152 Å². The Morgan fingerprint density at radius 2 is 1.73 bits per heavy atom. The van der Waals surface area contributed by atoms with E-state index >= 15 is 0 Å². The maximum absolute atomic E-state index is 12.8. The number of allylic oxidation sites excluding steroid dienone is 1. The van der Waals surface area contributed by atoms with Crippen LogP contribution in [0.15, 0.2) is 52.1 Å². The van der Waals surface area contributed by atoms with Crippen LogP contribution in [-0.4, -0.2) is 35.9 Å². The van der Waals surface area contributed by atoms with Crippen LogP contribution in [0.1, 0.15) is 24.6 Å². The molecule has 0 saturated heterocycles. The first kappa shape index (κ1) is 18.0. The first-order valence-electron chi connectivity index (χ1n) is 7.95. The molecule has 1 aromatic heterocycles. The van der Waals surface area contributed by atoms with Gasteiger partial charge in [0.05, 0.1) is 6.04 Å². The van der Waals surface area contributed by atoms with Gasteiger partial charge in [-0.1, -0.05) is 54.2 Å². The Hall–Kier alpha value is -2.81. The zero-order chi connectivity index (χ0) is 18.8. The third-order valence-corrected chi connectivity index (χ3v) is 4.90. The number of hydrogen-bond acceptors (Lipinski definition) is 5. The van der Waals surface area contributed by atoms with Crippen LogP contribution in [-0.2, 0) is 16.1 Å². The second-order valence-electron chi connectivity index (χ2n) is 5.77. The molecule has 1 aliphatic rings. The first-order chi connectivity index (χ1) is 12.4. The maximum Gasteiger partial charge on any atom is 0.348 e. The van der Waals surface area contributed by atoms with Crippen LogP contribution in [0, 0.1) is 0 Å². The molecule has 1 aliphatic heterocycles. The Bertz CT molecular complexity index is 986. The predicted molar refractivity (Wildman–Crippen MR) is 96.5 cm³/mol. The molecule has 2 aromatic rings. The molecule has 1 N–H and O–H groups in total. The van der Waals surface area contributed by atoms with Crippen molar-refractivity contribution < 1.29 is 14.7 Å². The van der Waals surface area contributed by atoms with E-state index in [1.165, 1.54) is 17.7 Å². The Morgan fingerprint density at radius 1 is 1.08 bits per heavy atom. The molecule has 26 heavy (non-hydrogen) atoms. The van der Waals surface area contributed by atoms with Gasteiger partial charge in [0.2, 0.25) is 0 Å². The minimum atomic E-state index is -1.25. The number of carboxylic acids is 1. The van der Waals surface area contributed by atoms with Crippen molar-refractivity contribution in [3.05, 3.63) is 69.0 Å². The largest absolute Gasteiger partial charge is 0.479 e. The van der Waals surface area contributed by atoms with Crippen LogP contribution in [0.2, 0.25) is 0 Å². The number of hydrogen-bond donors (Lipinski definition) is 1. The number of aromatic nitrogens is 3. The van der Waals surface area contributed by atoms with Gasteiger partial charge in [-0.2, -0.15) is 0 Å². The highest BCUT2D eigenvalue weighted by Crippen LogP contribution is 2.24. The summed E-state index contributed by atoms with van der Waals surface area (Å²) in [6.07, 6.45) is 3.03. The van der Waals surface area contributed by atoms with Crippen LogP contribution >= 0.6 is 11.8 Å². The van der Waals surface area contributed by atoms with E-state index < -0.39 is 29.4 Å². The Kier molecular flexibility index (Phi) is 4.99. The average Bonchev–Trinajstić information content (AvgIpc) is 2.87. The van der Waals surface area contributed by atoms with Crippen LogP contribution in [0.4, 0.5) is 0 Å². The quantitative estimate of drug-likeness (QED) is 0.778. The molecular weight excluding hydrogens is 358 g/mol. The van der Waals surface area contributed by atoms with E-state index in [2.05, 4.69) is 0 Å². The lowest BCUT2D eigenvalue weighted by Crippen LogP contribution is -2.38. The summed E-state index contributed by atoms with van der Waals surface area (Å²) in [5, 5.41) is 9.31. The summed E-state index contributed by atoms with van der Waals surface area (Å²) >= 11 is 1.01. The second kappa shape index (κ2) is 7.20. The summed E-state index contributed by atoms with van der Waals surface area (Å²) in [5.41, 5.74) is -0.529. The van der Waals surface area contributed by atoms with E-state index in [-0.39, 0.29) is 17.4 Å². The minimum Gasteiger partial charge on any atom is -0.479 e. The van der Waals surface area contributed by atoms with Gasteiger partial charge >= 0.3 is 17.3 Å². The number of carbonyl (C=O) groups excluding carboxylic acids is 1. The first-order valence-corrected chi connectivity index (χ1v) is 8.93. The Balaban J connectivity index is 2.12. The number of carboxylic acid groups (broad SMARTS) is 1. The second-order valence-corrected chi connectivity index (χ2v) is 7.04. The van der Waals surface area contributed by atoms with Gasteiger partial charge in [-0.05, 0) is 5.56 Å². The van der Waals surface area contributed by atoms with Gasteiger partial charge in [0.1, 0.15) is 0 Å². The van der Waals surface area contributed by atoms with Crippen LogP contribution in [0.5, 0.6) is 0 Å². The monoisotopic (exact) mass is 375 g/mol. The van der Waals surface area contributed by atoms with Crippen molar-refractivity contribution in [1.29, 1.82) is 0 Å². The molecule has 0 saturated carbocycles. The van der Waals surface area contributed by atoms with Crippen molar-refractivity contribution in [3.63, 3.8) is 0 Å². The number of rotatable bonds is 5. The topological polar surface area (TPSA) is 103 Å². The smallest absolute Gasteiger partial charge is 0.348 e. The molecule has 136 valence electrons. The van der Waals surface area contributed by atoms with Crippen LogP contribution in [0.25, 0.3) is 0 Å². The van der Waals surface area contributed by atoms with E-state index in [9.17, 15) is 24.3 Å². The van der Waals surface area contributed by atoms with E-state index in [0.717, 1.165) is 26.6 Å². The zero-order valence-corrected chi connectivity index (χ0v) is 14.8. The lowest BCUT2D eigenvalue weighted by molar-refractivity contribution is -0.140. The van der Waals surface area contributed by atoms with Crippen LogP contribution in [0.3, 0.4) is 0 Å². The number of benzene rings is 1. The van der Waals surface area contributed by atoms with E-state index in [0.29, 0.717) is 0 Å². The van der Waals surface area contributed by atoms with Crippen molar-refractivity contribution >= 4 is 22.8 Å². The van der Waals surface area contributed by atoms with Gasteiger partial charge in [0.25, 0.3) is 0 Å². The number of fused-ring (bicyclic) bond motifs is 1. The van der Waals surface area contributed by atoms with Crippen molar-refractivity contribution in [2.75, 3.05) is 5.75 Å². The summed E-state index contributed by atoms with van der Waals surface area (Å²) < 4.78 is 3.13. The molecule has 1 aromatic carbocycles. The summed E-state index contributed by atoms with van der Waals surface area (Å²) in [4.78, 5) is 48.2. The number of nitrogens with zero attached hydrogens (tertiary/aromatic N) is 3. The highest BCUT2D eigenvalue weighted by molar-refractivity contribution is 8.13. The van der Waals surface area contributed by atoms with E-state index in [4.69, 9.17) is 0 Å². The third kappa shape index (κ3) is 3.17. The van der Waals surface area contributed by atoms with Gasteiger partial charge in [-0.25, -0.2) is 28.3 Å². The van der Waals surface area contributed by atoms with Crippen molar-refractivity contribution in [3.8, 4) is 0 Å². The molecule has 8 nitrogen and oxygen atoms in total. The maximum atomic E-state index is 12.8. The predicted octanol–water partition coefficient (Wildman–Crippen LogP) is 0.876. The lowest BCUT2D eigenvalue weighted by Gasteiger charge is -2.24. The molecule has 0 fully saturated rings. The van der Waals surface area contributed by atoms with Gasteiger partial charge in [0, 0.05) is 19.2 Å². The SMILES string of the molecule is CC(=O)SCCn1c(=O)n2n(c1=O)[C@H](c1ccccc1)C=C[C@@H]2C(=O)O. The fourth-order valence-corrected chi connectivity index (χ4v) is 3.52. The lowest BCUT2D eigenvalue weighted by atomic mass is 10.0. The molecule has 0 spiro atoms. The van der Waals surface area contributed by atoms with Gasteiger partial charge in [0.15, 0.2) is 11.2 Å². The van der Waals surface area contributed by atoms with Gasteiger partial charge < -0.3 is 5.11 Å². The fraction of sp³-hybridized carbons (Fsp3) is 0.294. The molecule has 0 aliphatic carbocycles. The zero-order valence-electron chi connectivity index (χ0n) is 13.9. The number of thioether (sulfide) groups is 1. The van der Waals surface area contributed by atoms with E-state index in [1.54, 1.807) is 30.3 Å². The molecule has 2 heterocycles. The number of aliphatic carboxylic acids is 1. The molecular formula is C17H17N3O5S. The molecule has 0 amide bonds. The summed E-state index contributed by atoms with van der Waals surface area (Å²) in [5.74, 6) is -0.964. The van der Waals surface area contributed by atoms with Gasteiger partial charge in [-0.3, -0.25) is 4.79 Å². The molecule has 9 heteroatoms. The minimum absolute atomic E-state index is 0.0305. The number of carbonyl (C=O) groups is 2. The van der Waals surface area contributed by atoms with Crippen LogP contribution < -0.4 is 11.4 Å². The molecule has 3 rings (SSSR count). The highest BCUT2D eigenvalue weighted by Gasteiger charge is 2.32. The standard InChI is InChI=1S/C17H17N3O5S/c1-11(21)26-10-9-18-16(24)19-13(12-5-3-2-4-6-12)7-8-14(15(22)23)20(19)17(18)25/h2-8,13-14H,9-10H2,1H3,(H,22,23)/t13-,14+/m0/s1. The van der Waals surface area contributed by atoms with Gasteiger partial charge in [-0.15, -0.1) is 0 Å². The van der Waals surface area contributed by atoms with Crippen molar-refractivity contribution in [1.82, 2.24) is 13.9 Å². The third-order valence-electron chi connectivity index (χ3n) is 4.10. The van der Waals surface area contributed by atoms with E-state index in [1.807, 2.05) is 6.07 Å². The molecule has 0 bridgehead atoms.